The number of halogens is 1. The van der Waals surface area contributed by atoms with Gasteiger partial charge >= 0.3 is 0 Å². The second-order valence-electron chi connectivity index (χ2n) is 7.65. The number of carbonyl (C=O) groups is 2. The van der Waals surface area contributed by atoms with E-state index in [2.05, 4.69) is 15.6 Å². The number of hydrogen-bond acceptors (Lipinski definition) is 4. The summed E-state index contributed by atoms with van der Waals surface area (Å²) < 4.78 is 18.8. The third-order valence-electron chi connectivity index (χ3n) is 5.20. The third-order valence-corrected chi connectivity index (χ3v) is 5.20. The summed E-state index contributed by atoms with van der Waals surface area (Å²) in [5, 5.41) is 6.43. The van der Waals surface area contributed by atoms with Crippen molar-refractivity contribution in [2.45, 2.75) is 13.8 Å². The molecule has 7 heteroatoms. The van der Waals surface area contributed by atoms with Crippen LogP contribution in [0.1, 0.15) is 32.0 Å². The normalized spacial score (nSPS) is 10.7. The molecule has 33 heavy (non-hydrogen) atoms. The maximum absolute atomic E-state index is 13.5. The average Bonchev–Trinajstić information content (AvgIpc) is 2.79. The highest BCUT2D eigenvalue weighted by Crippen LogP contribution is 2.29. The van der Waals surface area contributed by atoms with E-state index >= 15 is 0 Å². The molecule has 0 bridgehead atoms. The fourth-order valence-electron chi connectivity index (χ4n) is 3.53. The van der Waals surface area contributed by atoms with E-state index in [0.29, 0.717) is 28.4 Å². The Labute approximate surface area is 190 Å². The van der Waals surface area contributed by atoms with Crippen LogP contribution in [-0.2, 0) is 0 Å². The smallest absolute Gasteiger partial charge is 0.257 e. The molecule has 1 heterocycles. The highest BCUT2D eigenvalue weighted by Gasteiger charge is 2.15. The van der Waals surface area contributed by atoms with Crippen molar-refractivity contribution in [3.63, 3.8) is 0 Å². The summed E-state index contributed by atoms with van der Waals surface area (Å²) in [5.41, 5.74) is 3.92. The van der Waals surface area contributed by atoms with Gasteiger partial charge in [0.25, 0.3) is 11.8 Å². The molecule has 4 aromatic rings. The number of rotatable bonds is 5. The van der Waals surface area contributed by atoms with Gasteiger partial charge in [-0.2, -0.15) is 0 Å². The number of carbonyl (C=O) groups excluding carboxylic acids is 2. The molecular formula is C26H22FN3O3. The number of ether oxygens (including phenoxy) is 1. The van der Waals surface area contributed by atoms with Gasteiger partial charge in [0.1, 0.15) is 11.6 Å². The van der Waals surface area contributed by atoms with Crippen LogP contribution < -0.4 is 15.4 Å². The SMILES string of the molecule is COc1ccc(NC(=O)c2cc3cc(C)ccc3nc2C)cc1NC(=O)c1cccc(F)c1. The number of pyridine rings is 1. The van der Waals surface area contributed by atoms with Crippen LogP contribution in [0.4, 0.5) is 15.8 Å². The van der Waals surface area contributed by atoms with E-state index in [9.17, 15) is 14.0 Å². The lowest BCUT2D eigenvalue weighted by Crippen LogP contribution is -2.16. The molecule has 0 aliphatic heterocycles. The Hall–Kier alpha value is -4.26. The topological polar surface area (TPSA) is 80.3 Å². The maximum atomic E-state index is 13.5. The fraction of sp³-hybridized carbons (Fsp3) is 0.115. The van der Waals surface area contributed by atoms with E-state index in [1.807, 2.05) is 31.2 Å². The van der Waals surface area contributed by atoms with Crippen molar-refractivity contribution in [3.8, 4) is 5.75 Å². The summed E-state index contributed by atoms with van der Waals surface area (Å²) in [6.45, 7) is 3.77. The number of aryl methyl sites for hydroxylation is 2. The largest absolute Gasteiger partial charge is 0.495 e. The Bertz CT molecular complexity index is 1380. The molecule has 0 aliphatic carbocycles. The second kappa shape index (κ2) is 9.08. The summed E-state index contributed by atoms with van der Waals surface area (Å²) in [6, 6.07) is 18.0. The van der Waals surface area contributed by atoms with Gasteiger partial charge < -0.3 is 15.4 Å². The van der Waals surface area contributed by atoms with Crippen LogP contribution in [0.5, 0.6) is 5.75 Å². The first-order valence-corrected chi connectivity index (χ1v) is 10.3. The van der Waals surface area contributed by atoms with Crippen LogP contribution in [0.2, 0.25) is 0 Å². The summed E-state index contributed by atoms with van der Waals surface area (Å²) >= 11 is 0. The van der Waals surface area contributed by atoms with Crippen LogP contribution in [0.25, 0.3) is 10.9 Å². The molecule has 4 rings (SSSR count). The maximum Gasteiger partial charge on any atom is 0.257 e. The summed E-state index contributed by atoms with van der Waals surface area (Å²) in [6.07, 6.45) is 0. The number of benzene rings is 3. The molecule has 3 aromatic carbocycles. The van der Waals surface area contributed by atoms with Crippen molar-refractivity contribution in [2.75, 3.05) is 17.7 Å². The van der Waals surface area contributed by atoms with Gasteiger partial charge in [0.05, 0.1) is 29.6 Å². The third kappa shape index (κ3) is 4.82. The minimum absolute atomic E-state index is 0.166. The monoisotopic (exact) mass is 443 g/mol. The van der Waals surface area contributed by atoms with E-state index in [1.54, 1.807) is 25.1 Å². The first kappa shape index (κ1) is 22.0. The molecule has 2 N–H and O–H groups in total. The van der Waals surface area contributed by atoms with E-state index in [0.717, 1.165) is 22.5 Å². The molecular weight excluding hydrogens is 421 g/mol. The van der Waals surface area contributed by atoms with Crippen LogP contribution in [0.15, 0.2) is 66.7 Å². The predicted molar refractivity (Wildman–Crippen MR) is 127 cm³/mol. The van der Waals surface area contributed by atoms with E-state index in [1.165, 1.54) is 25.3 Å². The first-order valence-electron chi connectivity index (χ1n) is 10.3. The van der Waals surface area contributed by atoms with Gasteiger partial charge in [-0.1, -0.05) is 17.7 Å². The fourth-order valence-corrected chi connectivity index (χ4v) is 3.53. The van der Waals surface area contributed by atoms with Crippen molar-refractivity contribution in [3.05, 3.63) is 94.9 Å². The van der Waals surface area contributed by atoms with E-state index in [-0.39, 0.29) is 11.5 Å². The number of fused-ring (bicyclic) bond motifs is 1. The van der Waals surface area contributed by atoms with Gasteiger partial charge in [-0.3, -0.25) is 14.6 Å². The summed E-state index contributed by atoms with van der Waals surface area (Å²) in [5.74, 6) is -0.931. The van der Waals surface area contributed by atoms with Crippen LogP contribution in [0, 0.1) is 19.7 Å². The standard InChI is InChI=1S/C26H22FN3O3/c1-15-7-9-22-18(11-15)13-21(16(2)28-22)26(32)29-20-8-10-24(33-3)23(14-20)30-25(31)17-5-4-6-19(27)12-17/h4-14H,1-3H3,(H,29,32)(H,30,31). The van der Waals surface area contributed by atoms with Crippen LogP contribution in [-0.4, -0.2) is 23.9 Å². The minimum atomic E-state index is -0.509. The van der Waals surface area contributed by atoms with Crippen molar-refractivity contribution in [1.82, 2.24) is 4.98 Å². The molecule has 0 spiro atoms. The lowest BCUT2D eigenvalue weighted by atomic mass is 10.1. The zero-order chi connectivity index (χ0) is 23.5. The molecule has 0 radical (unpaired) electrons. The Kier molecular flexibility index (Phi) is 6.04. The quantitative estimate of drug-likeness (QED) is 0.427. The van der Waals surface area contributed by atoms with Crippen molar-refractivity contribution >= 4 is 34.1 Å². The summed E-state index contributed by atoms with van der Waals surface area (Å²) in [7, 11) is 1.47. The zero-order valence-corrected chi connectivity index (χ0v) is 18.4. The van der Waals surface area contributed by atoms with Gasteiger partial charge in [0.15, 0.2) is 0 Å². The molecule has 6 nitrogen and oxygen atoms in total. The van der Waals surface area contributed by atoms with Gasteiger partial charge in [0, 0.05) is 16.6 Å². The number of nitrogens with one attached hydrogen (secondary N) is 2. The number of anilines is 2. The molecule has 1 aromatic heterocycles. The number of amides is 2. The Morgan fingerprint density at radius 2 is 1.73 bits per heavy atom. The Morgan fingerprint density at radius 3 is 2.48 bits per heavy atom. The molecule has 0 saturated heterocycles. The highest BCUT2D eigenvalue weighted by atomic mass is 19.1. The molecule has 0 unspecified atom stereocenters. The van der Waals surface area contributed by atoms with Crippen molar-refractivity contribution in [1.29, 1.82) is 0 Å². The molecule has 0 fully saturated rings. The summed E-state index contributed by atoms with van der Waals surface area (Å²) in [4.78, 5) is 30.1. The highest BCUT2D eigenvalue weighted by molar-refractivity contribution is 6.08. The number of aromatic nitrogens is 1. The predicted octanol–water partition coefficient (Wildman–Crippen LogP) is 5.50. The van der Waals surface area contributed by atoms with Crippen LogP contribution in [0.3, 0.4) is 0 Å². The Morgan fingerprint density at radius 1 is 0.909 bits per heavy atom. The lowest BCUT2D eigenvalue weighted by molar-refractivity contribution is 0.101. The number of methoxy groups -OCH3 is 1. The molecule has 2 amide bonds. The van der Waals surface area contributed by atoms with Crippen LogP contribution >= 0.6 is 0 Å². The van der Waals surface area contributed by atoms with Gasteiger partial charge in [0.2, 0.25) is 0 Å². The van der Waals surface area contributed by atoms with E-state index in [4.69, 9.17) is 4.74 Å². The van der Waals surface area contributed by atoms with Crippen molar-refractivity contribution < 1.29 is 18.7 Å². The minimum Gasteiger partial charge on any atom is -0.495 e. The van der Waals surface area contributed by atoms with E-state index < -0.39 is 11.7 Å². The Balaban J connectivity index is 1.60. The van der Waals surface area contributed by atoms with Gasteiger partial charge in [-0.25, -0.2) is 4.39 Å². The number of nitrogens with zero attached hydrogens (tertiary/aromatic N) is 1. The zero-order valence-electron chi connectivity index (χ0n) is 18.4. The van der Waals surface area contributed by atoms with Gasteiger partial charge in [-0.15, -0.1) is 0 Å². The average molecular weight is 443 g/mol. The van der Waals surface area contributed by atoms with Gasteiger partial charge in [-0.05, 0) is 68.4 Å². The number of hydrogen-bond donors (Lipinski definition) is 2. The lowest BCUT2D eigenvalue weighted by Gasteiger charge is -2.14. The molecule has 0 saturated carbocycles. The molecule has 0 aliphatic rings. The second-order valence-corrected chi connectivity index (χ2v) is 7.65. The molecule has 0 atom stereocenters. The van der Waals surface area contributed by atoms with Crippen molar-refractivity contribution in [2.24, 2.45) is 0 Å². The first-order chi connectivity index (χ1) is 15.8. The molecule has 166 valence electrons.